The van der Waals surface area contributed by atoms with Gasteiger partial charge in [0.15, 0.2) is 0 Å². The van der Waals surface area contributed by atoms with Gasteiger partial charge in [-0.05, 0) is 50.6 Å². The lowest BCUT2D eigenvalue weighted by atomic mass is 9.98. The van der Waals surface area contributed by atoms with E-state index in [4.69, 9.17) is 0 Å². The van der Waals surface area contributed by atoms with Crippen molar-refractivity contribution in [3.8, 4) is 11.3 Å². The van der Waals surface area contributed by atoms with Gasteiger partial charge < -0.3 is 5.32 Å². The Labute approximate surface area is 119 Å². The third-order valence-electron chi connectivity index (χ3n) is 3.47. The lowest BCUT2D eigenvalue weighted by Crippen LogP contribution is -2.20. The number of aryl methyl sites for hydroxylation is 1. The summed E-state index contributed by atoms with van der Waals surface area (Å²) >= 11 is 0. The number of aromatic nitrogens is 2. The minimum atomic E-state index is -0.213. The fourth-order valence-corrected chi connectivity index (χ4v) is 2.41. The molecule has 0 radical (unpaired) electrons. The first-order valence-corrected chi connectivity index (χ1v) is 7.22. The second kappa shape index (κ2) is 6.66. The van der Waals surface area contributed by atoms with E-state index >= 15 is 0 Å². The fraction of sp³-hybridized carbons (Fsp3) is 0.438. The number of nitrogens with one attached hydrogen (secondary N) is 1. The molecule has 0 fully saturated rings. The van der Waals surface area contributed by atoms with Gasteiger partial charge in [0.25, 0.3) is 0 Å². The average molecular weight is 275 g/mol. The predicted octanol–water partition coefficient (Wildman–Crippen LogP) is 3.77. The van der Waals surface area contributed by atoms with Gasteiger partial charge in [0.1, 0.15) is 5.82 Å². The van der Waals surface area contributed by atoms with Crippen molar-refractivity contribution < 1.29 is 4.39 Å². The van der Waals surface area contributed by atoms with E-state index < -0.39 is 0 Å². The van der Waals surface area contributed by atoms with Crippen LogP contribution in [0, 0.1) is 5.82 Å². The number of hydrogen-bond donors (Lipinski definition) is 1. The Morgan fingerprint density at radius 2 is 2.10 bits per heavy atom. The Hall–Kier alpha value is -1.68. The third kappa shape index (κ3) is 3.07. The van der Waals surface area contributed by atoms with Crippen LogP contribution in [0.25, 0.3) is 11.3 Å². The molecule has 0 aliphatic rings. The molecule has 1 aromatic heterocycles. The molecule has 3 nitrogen and oxygen atoms in total. The van der Waals surface area contributed by atoms with Crippen LogP contribution in [-0.4, -0.2) is 16.3 Å². The van der Waals surface area contributed by atoms with E-state index in [1.807, 2.05) is 23.7 Å². The number of halogens is 1. The first kappa shape index (κ1) is 14.7. The standard InChI is InChI=1S/C16H22FN3/c1-4-9-18-12(3)14-7-6-13(17)11-15(14)16-8-10-19-20(16)5-2/h6-8,10-12,18H,4-5,9H2,1-3H3. The molecule has 1 unspecified atom stereocenters. The van der Waals surface area contributed by atoms with Gasteiger partial charge in [0, 0.05) is 24.3 Å². The minimum Gasteiger partial charge on any atom is -0.310 e. The Morgan fingerprint density at radius 1 is 1.30 bits per heavy atom. The molecule has 1 aromatic carbocycles. The molecule has 2 rings (SSSR count). The summed E-state index contributed by atoms with van der Waals surface area (Å²) in [7, 11) is 0. The highest BCUT2D eigenvalue weighted by molar-refractivity contribution is 5.64. The molecule has 1 heterocycles. The number of rotatable bonds is 6. The number of nitrogens with zero attached hydrogens (tertiary/aromatic N) is 2. The Bertz CT molecular complexity index is 563. The summed E-state index contributed by atoms with van der Waals surface area (Å²) in [5.74, 6) is -0.213. The van der Waals surface area contributed by atoms with Crippen molar-refractivity contribution in [3.63, 3.8) is 0 Å². The van der Waals surface area contributed by atoms with Crippen LogP contribution in [0.5, 0.6) is 0 Å². The molecule has 0 saturated carbocycles. The summed E-state index contributed by atoms with van der Waals surface area (Å²) in [5.41, 5.74) is 2.99. The summed E-state index contributed by atoms with van der Waals surface area (Å²) < 4.78 is 15.5. The first-order valence-electron chi connectivity index (χ1n) is 7.22. The Balaban J connectivity index is 2.43. The lowest BCUT2D eigenvalue weighted by molar-refractivity contribution is 0.567. The molecule has 1 N–H and O–H groups in total. The van der Waals surface area contributed by atoms with E-state index in [0.717, 1.165) is 36.3 Å². The van der Waals surface area contributed by atoms with Gasteiger partial charge >= 0.3 is 0 Å². The van der Waals surface area contributed by atoms with Crippen LogP contribution in [-0.2, 0) is 6.54 Å². The van der Waals surface area contributed by atoms with Crippen molar-refractivity contribution in [2.45, 2.75) is 39.8 Å². The molecule has 4 heteroatoms. The van der Waals surface area contributed by atoms with Crippen molar-refractivity contribution in [1.82, 2.24) is 15.1 Å². The van der Waals surface area contributed by atoms with Gasteiger partial charge in [0.2, 0.25) is 0 Å². The van der Waals surface area contributed by atoms with Gasteiger partial charge in [-0.2, -0.15) is 5.10 Å². The maximum absolute atomic E-state index is 13.6. The molecule has 0 aliphatic heterocycles. The van der Waals surface area contributed by atoms with Gasteiger partial charge in [-0.15, -0.1) is 0 Å². The van der Waals surface area contributed by atoms with E-state index in [2.05, 4.69) is 24.3 Å². The third-order valence-corrected chi connectivity index (χ3v) is 3.47. The number of hydrogen-bond acceptors (Lipinski definition) is 2. The molecule has 108 valence electrons. The van der Waals surface area contributed by atoms with E-state index in [0.29, 0.717) is 0 Å². The van der Waals surface area contributed by atoms with Crippen molar-refractivity contribution in [2.24, 2.45) is 0 Å². The van der Waals surface area contributed by atoms with Crippen molar-refractivity contribution in [3.05, 3.63) is 41.8 Å². The van der Waals surface area contributed by atoms with Crippen LogP contribution in [0.2, 0.25) is 0 Å². The largest absolute Gasteiger partial charge is 0.310 e. The highest BCUT2D eigenvalue weighted by Crippen LogP contribution is 2.29. The van der Waals surface area contributed by atoms with Crippen LogP contribution in [0.1, 0.15) is 38.8 Å². The number of benzene rings is 1. The van der Waals surface area contributed by atoms with Crippen LogP contribution in [0.15, 0.2) is 30.5 Å². The Kier molecular flexibility index (Phi) is 4.90. The minimum absolute atomic E-state index is 0.186. The highest BCUT2D eigenvalue weighted by atomic mass is 19.1. The molecule has 20 heavy (non-hydrogen) atoms. The molecule has 0 spiro atoms. The normalized spacial score (nSPS) is 12.6. The van der Waals surface area contributed by atoms with Crippen molar-refractivity contribution in [2.75, 3.05) is 6.54 Å². The zero-order valence-corrected chi connectivity index (χ0v) is 12.4. The SMILES string of the molecule is CCCNC(C)c1ccc(F)cc1-c1ccnn1CC. The summed E-state index contributed by atoms with van der Waals surface area (Å²) in [6.07, 6.45) is 2.84. The maximum atomic E-state index is 13.6. The zero-order chi connectivity index (χ0) is 14.5. The molecule has 0 bridgehead atoms. The average Bonchev–Trinajstić information content (AvgIpc) is 2.92. The monoisotopic (exact) mass is 275 g/mol. The van der Waals surface area contributed by atoms with E-state index in [1.165, 1.54) is 6.07 Å². The van der Waals surface area contributed by atoms with Crippen LogP contribution in [0.3, 0.4) is 0 Å². The summed E-state index contributed by atoms with van der Waals surface area (Å²) in [6, 6.07) is 7.11. The quantitative estimate of drug-likeness (QED) is 0.869. The molecule has 0 saturated heterocycles. The first-order chi connectivity index (χ1) is 9.67. The molecular formula is C16H22FN3. The topological polar surface area (TPSA) is 29.9 Å². The zero-order valence-electron chi connectivity index (χ0n) is 12.4. The maximum Gasteiger partial charge on any atom is 0.123 e. The van der Waals surface area contributed by atoms with E-state index in [-0.39, 0.29) is 11.9 Å². The van der Waals surface area contributed by atoms with Gasteiger partial charge in [0.05, 0.1) is 5.69 Å². The van der Waals surface area contributed by atoms with Crippen LogP contribution >= 0.6 is 0 Å². The smallest absolute Gasteiger partial charge is 0.123 e. The highest BCUT2D eigenvalue weighted by Gasteiger charge is 2.15. The lowest BCUT2D eigenvalue weighted by Gasteiger charge is -2.18. The second-order valence-corrected chi connectivity index (χ2v) is 4.94. The van der Waals surface area contributed by atoms with Crippen LogP contribution < -0.4 is 5.32 Å². The van der Waals surface area contributed by atoms with Crippen LogP contribution in [0.4, 0.5) is 4.39 Å². The molecule has 0 amide bonds. The second-order valence-electron chi connectivity index (χ2n) is 4.94. The molecule has 1 atom stereocenters. The van der Waals surface area contributed by atoms with E-state index in [9.17, 15) is 4.39 Å². The van der Waals surface area contributed by atoms with Crippen molar-refractivity contribution >= 4 is 0 Å². The predicted molar refractivity (Wildman–Crippen MR) is 80.0 cm³/mol. The van der Waals surface area contributed by atoms with Crippen molar-refractivity contribution in [1.29, 1.82) is 0 Å². The fourth-order valence-electron chi connectivity index (χ4n) is 2.41. The van der Waals surface area contributed by atoms with Gasteiger partial charge in [-0.25, -0.2) is 4.39 Å². The summed E-state index contributed by atoms with van der Waals surface area (Å²) in [6.45, 7) is 8.00. The summed E-state index contributed by atoms with van der Waals surface area (Å²) in [5, 5.41) is 7.73. The van der Waals surface area contributed by atoms with Gasteiger partial charge in [-0.1, -0.05) is 13.0 Å². The molecule has 2 aromatic rings. The summed E-state index contributed by atoms with van der Waals surface area (Å²) in [4.78, 5) is 0. The Morgan fingerprint density at radius 3 is 2.80 bits per heavy atom. The van der Waals surface area contributed by atoms with E-state index in [1.54, 1.807) is 12.3 Å². The molecular weight excluding hydrogens is 253 g/mol. The molecule has 0 aliphatic carbocycles. The van der Waals surface area contributed by atoms with Gasteiger partial charge in [-0.3, -0.25) is 4.68 Å².